The molecule has 0 radical (unpaired) electrons. The third kappa shape index (κ3) is 3.27. The van der Waals surface area contributed by atoms with Gasteiger partial charge in [-0.25, -0.2) is 0 Å². The normalized spacial score (nSPS) is 24.3. The lowest BCUT2D eigenvalue weighted by atomic mass is 10.2. The summed E-state index contributed by atoms with van der Waals surface area (Å²) in [6, 6.07) is 8.94. The molecule has 1 heterocycles. The highest BCUT2D eigenvalue weighted by molar-refractivity contribution is 5.81. The van der Waals surface area contributed by atoms with E-state index in [0.29, 0.717) is 12.0 Å². The maximum Gasteiger partial charge on any atom is 0.223 e. The number of hydrogen-bond donors (Lipinski definition) is 1. The third-order valence-corrected chi connectivity index (χ3v) is 4.89. The molecular formula is C18H27N3O. The lowest BCUT2D eigenvalue weighted by molar-refractivity contribution is -0.122. The van der Waals surface area contributed by atoms with Crippen molar-refractivity contribution in [1.29, 1.82) is 0 Å². The first-order valence-electron chi connectivity index (χ1n) is 8.33. The predicted molar refractivity (Wildman–Crippen MR) is 90.1 cm³/mol. The number of hydrogen-bond acceptors (Lipinski definition) is 3. The van der Waals surface area contributed by atoms with Crippen LogP contribution in [0.1, 0.15) is 18.9 Å². The highest BCUT2D eigenvalue weighted by Crippen LogP contribution is 2.38. The summed E-state index contributed by atoms with van der Waals surface area (Å²) >= 11 is 0. The number of benzene rings is 1. The highest BCUT2D eigenvalue weighted by atomic mass is 16.2. The minimum absolute atomic E-state index is 0.237. The van der Waals surface area contributed by atoms with Crippen molar-refractivity contribution >= 4 is 11.6 Å². The maximum atomic E-state index is 12.2. The number of anilines is 1. The SMILES string of the molecule is CC(CNC(=O)[C@@H]1C[C@@H]1CN(C)C)N1CCc2ccccc21. The van der Waals surface area contributed by atoms with E-state index in [1.807, 2.05) is 0 Å². The highest BCUT2D eigenvalue weighted by Gasteiger charge is 2.42. The Hall–Kier alpha value is -1.55. The fraction of sp³-hybridized carbons (Fsp3) is 0.611. The zero-order chi connectivity index (χ0) is 15.7. The molecular weight excluding hydrogens is 274 g/mol. The number of rotatable bonds is 6. The van der Waals surface area contributed by atoms with Gasteiger partial charge in [-0.05, 0) is 51.4 Å². The minimum Gasteiger partial charge on any atom is -0.366 e. The molecule has 1 aliphatic heterocycles. The van der Waals surface area contributed by atoms with Crippen LogP contribution in [0.3, 0.4) is 0 Å². The smallest absolute Gasteiger partial charge is 0.223 e. The summed E-state index contributed by atoms with van der Waals surface area (Å²) in [4.78, 5) is 16.8. The number of para-hydroxylation sites is 1. The number of nitrogens with zero attached hydrogens (tertiary/aromatic N) is 2. The van der Waals surface area contributed by atoms with Crippen molar-refractivity contribution in [1.82, 2.24) is 10.2 Å². The molecule has 1 fully saturated rings. The minimum atomic E-state index is 0.237. The molecule has 1 amide bonds. The van der Waals surface area contributed by atoms with Crippen LogP contribution in [0, 0.1) is 11.8 Å². The second-order valence-corrected chi connectivity index (χ2v) is 7.03. The Balaban J connectivity index is 1.48. The number of amides is 1. The number of fused-ring (bicyclic) bond motifs is 1. The molecule has 0 aromatic heterocycles. The van der Waals surface area contributed by atoms with Gasteiger partial charge in [0.1, 0.15) is 0 Å². The zero-order valence-electron chi connectivity index (χ0n) is 13.9. The zero-order valence-corrected chi connectivity index (χ0v) is 13.9. The van der Waals surface area contributed by atoms with Gasteiger partial charge >= 0.3 is 0 Å². The molecule has 0 spiro atoms. The molecule has 1 unspecified atom stereocenters. The molecule has 0 bridgehead atoms. The maximum absolute atomic E-state index is 12.2. The van der Waals surface area contributed by atoms with Crippen LogP contribution in [0.2, 0.25) is 0 Å². The molecule has 2 aliphatic rings. The molecule has 1 aromatic rings. The molecule has 3 rings (SSSR count). The van der Waals surface area contributed by atoms with Gasteiger partial charge in [0.05, 0.1) is 0 Å². The largest absolute Gasteiger partial charge is 0.366 e. The van der Waals surface area contributed by atoms with E-state index in [4.69, 9.17) is 0 Å². The van der Waals surface area contributed by atoms with Crippen molar-refractivity contribution < 1.29 is 4.79 Å². The summed E-state index contributed by atoms with van der Waals surface area (Å²) in [5, 5.41) is 3.16. The van der Waals surface area contributed by atoms with E-state index < -0.39 is 0 Å². The molecule has 22 heavy (non-hydrogen) atoms. The van der Waals surface area contributed by atoms with Crippen LogP contribution >= 0.6 is 0 Å². The van der Waals surface area contributed by atoms with Crippen molar-refractivity contribution in [2.75, 3.05) is 38.6 Å². The van der Waals surface area contributed by atoms with Gasteiger partial charge in [-0.3, -0.25) is 4.79 Å². The second kappa shape index (κ2) is 6.29. The van der Waals surface area contributed by atoms with Crippen molar-refractivity contribution in [2.24, 2.45) is 11.8 Å². The number of carbonyl (C=O) groups is 1. The summed E-state index contributed by atoms with van der Waals surface area (Å²) in [7, 11) is 4.14. The fourth-order valence-corrected chi connectivity index (χ4v) is 3.55. The van der Waals surface area contributed by atoms with Gasteiger partial charge < -0.3 is 15.1 Å². The average molecular weight is 301 g/mol. The van der Waals surface area contributed by atoms with E-state index in [-0.39, 0.29) is 11.8 Å². The van der Waals surface area contributed by atoms with Crippen LogP contribution in [-0.2, 0) is 11.2 Å². The quantitative estimate of drug-likeness (QED) is 0.869. The van der Waals surface area contributed by atoms with Crippen LogP contribution < -0.4 is 10.2 Å². The van der Waals surface area contributed by atoms with E-state index in [2.05, 4.69) is 60.4 Å². The Kier molecular flexibility index (Phi) is 4.39. The van der Waals surface area contributed by atoms with Gasteiger partial charge in [0.15, 0.2) is 0 Å². The van der Waals surface area contributed by atoms with E-state index in [1.165, 1.54) is 11.3 Å². The Bertz CT molecular complexity index is 543. The monoisotopic (exact) mass is 301 g/mol. The fourth-order valence-electron chi connectivity index (χ4n) is 3.55. The molecule has 0 saturated heterocycles. The van der Waals surface area contributed by atoms with Gasteiger partial charge in [0, 0.05) is 37.3 Å². The third-order valence-electron chi connectivity index (χ3n) is 4.89. The van der Waals surface area contributed by atoms with Gasteiger partial charge in [0.2, 0.25) is 5.91 Å². The van der Waals surface area contributed by atoms with E-state index in [9.17, 15) is 4.79 Å². The summed E-state index contributed by atoms with van der Waals surface area (Å²) in [6.45, 7) is 5.02. The average Bonchev–Trinajstić information content (AvgIpc) is 3.11. The van der Waals surface area contributed by atoms with Gasteiger partial charge in [-0.15, -0.1) is 0 Å². The van der Waals surface area contributed by atoms with Gasteiger partial charge in [-0.2, -0.15) is 0 Å². The summed E-state index contributed by atoms with van der Waals surface area (Å²) in [6.07, 6.45) is 2.16. The molecule has 120 valence electrons. The van der Waals surface area contributed by atoms with Crippen LogP contribution in [0.15, 0.2) is 24.3 Å². The molecule has 1 saturated carbocycles. The first kappa shape index (κ1) is 15.3. The standard InChI is InChI=1S/C18H27N3O/c1-13(21-9-8-14-6-4-5-7-17(14)21)11-19-18(22)16-10-15(16)12-20(2)3/h4-7,13,15-16H,8-12H2,1-3H3,(H,19,22)/t13?,15-,16-/m1/s1. The predicted octanol–water partition coefficient (Wildman–Crippen LogP) is 1.75. The van der Waals surface area contributed by atoms with E-state index in [1.54, 1.807) is 0 Å². The Morgan fingerprint density at radius 3 is 2.95 bits per heavy atom. The van der Waals surface area contributed by atoms with E-state index in [0.717, 1.165) is 32.5 Å². The van der Waals surface area contributed by atoms with Gasteiger partial charge in [0.25, 0.3) is 0 Å². The summed E-state index contributed by atoms with van der Waals surface area (Å²) in [5.41, 5.74) is 2.76. The first-order chi connectivity index (χ1) is 10.6. The summed E-state index contributed by atoms with van der Waals surface area (Å²) in [5.74, 6) is 1.03. The van der Waals surface area contributed by atoms with Crippen LogP contribution in [0.4, 0.5) is 5.69 Å². The van der Waals surface area contributed by atoms with Crippen LogP contribution in [0.5, 0.6) is 0 Å². The molecule has 4 heteroatoms. The van der Waals surface area contributed by atoms with Crippen LogP contribution in [-0.4, -0.2) is 50.6 Å². The lowest BCUT2D eigenvalue weighted by Crippen LogP contribution is -2.42. The van der Waals surface area contributed by atoms with Crippen molar-refractivity contribution in [3.05, 3.63) is 29.8 Å². The number of carbonyl (C=O) groups excluding carboxylic acids is 1. The van der Waals surface area contributed by atoms with E-state index >= 15 is 0 Å². The van der Waals surface area contributed by atoms with Crippen molar-refractivity contribution in [3.8, 4) is 0 Å². The van der Waals surface area contributed by atoms with Gasteiger partial charge in [-0.1, -0.05) is 18.2 Å². The number of nitrogens with one attached hydrogen (secondary N) is 1. The first-order valence-corrected chi connectivity index (χ1v) is 8.33. The van der Waals surface area contributed by atoms with Crippen LogP contribution in [0.25, 0.3) is 0 Å². The molecule has 1 N–H and O–H groups in total. The van der Waals surface area contributed by atoms with Crippen molar-refractivity contribution in [3.63, 3.8) is 0 Å². The Morgan fingerprint density at radius 2 is 2.18 bits per heavy atom. The Labute approximate surface area is 133 Å². The molecule has 1 aliphatic carbocycles. The second-order valence-electron chi connectivity index (χ2n) is 7.03. The van der Waals surface area contributed by atoms with Crippen molar-refractivity contribution in [2.45, 2.75) is 25.8 Å². The topological polar surface area (TPSA) is 35.6 Å². The molecule has 3 atom stereocenters. The molecule has 1 aromatic carbocycles. The Morgan fingerprint density at radius 1 is 1.41 bits per heavy atom. The lowest BCUT2D eigenvalue weighted by Gasteiger charge is -2.27. The summed E-state index contributed by atoms with van der Waals surface area (Å²) < 4.78 is 0. The molecule has 4 nitrogen and oxygen atoms in total.